The van der Waals surface area contributed by atoms with E-state index in [1.807, 2.05) is 32.9 Å². The number of aryl methyl sites for hydroxylation is 2. The molecule has 0 aliphatic rings. The molecule has 25 heavy (non-hydrogen) atoms. The number of halogens is 2. The van der Waals surface area contributed by atoms with Crippen molar-refractivity contribution in [3.63, 3.8) is 0 Å². The van der Waals surface area contributed by atoms with Crippen LogP contribution in [-0.2, 0) is 0 Å². The zero-order valence-electron chi connectivity index (χ0n) is 15.2. The molecule has 142 valence electrons. The zero-order chi connectivity index (χ0) is 17.2. The number of hydrogen-bond acceptors (Lipinski definition) is 5. The topological polar surface area (TPSA) is 81.2 Å². The van der Waals surface area contributed by atoms with E-state index < -0.39 is 5.54 Å². The van der Waals surface area contributed by atoms with Crippen LogP contribution >= 0.6 is 36.2 Å². The van der Waals surface area contributed by atoms with E-state index in [0.717, 1.165) is 17.2 Å². The summed E-state index contributed by atoms with van der Waals surface area (Å²) >= 11 is 1.35. The number of thiazole rings is 1. The predicted octanol–water partition coefficient (Wildman–Crippen LogP) is 4.36. The molecule has 0 bridgehead atoms. The lowest BCUT2D eigenvalue weighted by Crippen LogP contribution is -2.52. The third-order valence-corrected chi connectivity index (χ3v) is 4.85. The molecule has 1 atom stereocenters. The molecule has 0 aliphatic carbocycles. The van der Waals surface area contributed by atoms with E-state index in [1.54, 1.807) is 0 Å². The quantitative estimate of drug-likeness (QED) is 0.744. The molecular weight excluding hydrogens is 381 g/mol. The SMILES string of the molecule is Cc1ccc(-c2nc(C)c(C(=O)NC(C)(CN)CC(C)C)s2)o1.Cl.Cl. The monoisotopic (exact) mass is 407 g/mol. The van der Waals surface area contributed by atoms with Crippen molar-refractivity contribution >= 4 is 42.1 Å². The molecule has 8 heteroatoms. The number of carbonyl (C=O) groups is 1. The van der Waals surface area contributed by atoms with Gasteiger partial charge in [-0.3, -0.25) is 4.79 Å². The van der Waals surface area contributed by atoms with Gasteiger partial charge in [0.1, 0.15) is 10.6 Å². The minimum atomic E-state index is -0.414. The third-order valence-electron chi connectivity index (χ3n) is 3.68. The van der Waals surface area contributed by atoms with Crippen molar-refractivity contribution in [2.24, 2.45) is 11.7 Å². The van der Waals surface area contributed by atoms with E-state index in [-0.39, 0.29) is 30.7 Å². The van der Waals surface area contributed by atoms with Crippen molar-refractivity contribution in [1.29, 1.82) is 0 Å². The molecule has 0 saturated carbocycles. The second-order valence-electron chi connectivity index (χ2n) is 6.66. The lowest BCUT2D eigenvalue weighted by molar-refractivity contribution is 0.0901. The predicted molar refractivity (Wildman–Crippen MR) is 108 cm³/mol. The van der Waals surface area contributed by atoms with Gasteiger partial charge in [-0.15, -0.1) is 36.2 Å². The van der Waals surface area contributed by atoms with Crippen molar-refractivity contribution in [2.75, 3.05) is 6.54 Å². The Morgan fingerprint density at radius 2 is 2.00 bits per heavy atom. The first kappa shape index (κ1) is 23.9. The van der Waals surface area contributed by atoms with Gasteiger partial charge < -0.3 is 15.5 Å². The van der Waals surface area contributed by atoms with Gasteiger partial charge in [0.05, 0.1) is 11.2 Å². The summed E-state index contributed by atoms with van der Waals surface area (Å²) in [6.45, 7) is 10.4. The van der Waals surface area contributed by atoms with Crippen molar-refractivity contribution in [2.45, 2.75) is 46.6 Å². The van der Waals surface area contributed by atoms with Crippen LogP contribution in [0.1, 0.15) is 48.3 Å². The van der Waals surface area contributed by atoms with Crippen molar-refractivity contribution in [3.05, 3.63) is 28.5 Å². The Hall–Kier alpha value is -1.08. The van der Waals surface area contributed by atoms with Gasteiger partial charge in [-0.1, -0.05) is 13.8 Å². The highest BCUT2D eigenvalue weighted by Crippen LogP contribution is 2.29. The number of nitrogens with one attached hydrogen (secondary N) is 1. The van der Waals surface area contributed by atoms with E-state index in [9.17, 15) is 4.79 Å². The molecule has 0 aromatic carbocycles. The molecule has 0 fully saturated rings. The molecule has 0 spiro atoms. The number of furan rings is 1. The van der Waals surface area contributed by atoms with Gasteiger partial charge in [0.25, 0.3) is 5.91 Å². The Balaban J connectivity index is 0.00000288. The smallest absolute Gasteiger partial charge is 0.263 e. The summed E-state index contributed by atoms with van der Waals surface area (Å²) in [6, 6.07) is 3.76. The van der Waals surface area contributed by atoms with Gasteiger partial charge in [0, 0.05) is 6.54 Å². The Bertz CT molecular complexity index is 700. The molecule has 3 N–H and O–H groups in total. The van der Waals surface area contributed by atoms with E-state index in [2.05, 4.69) is 24.1 Å². The standard InChI is InChI=1S/C17H25N3O2S.2ClH/c1-10(2)8-17(5,9-18)20-15(21)14-12(4)19-16(23-14)13-7-6-11(3)22-13;;/h6-7,10H,8-9,18H2,1-5H3,(H,20,21);2*1H. The lowest BCUT2D eigenvalue weighted by Gasteiger charge is -2.31. The maximum absolute atomic E-state index is 12.6. The van der Waals surface area contributed by atoms with Crippen LogP contribution in [0, 0.1) is 19.8 Å². The van der Waals surface area contributed by atoms with Crippen molar-refractivity contribution in [3.8, 4) is 10.8 Å². The Morgan fingerprint density at radius 1 is 1.36 bits per heavy atom. The molecule has 2 aromatic rings. The first-order valence-electron chi connectivity index (χ1n) is 7.81. The van der Waals surface area contributed by atoms with Gasteiger partial charge in [-0.25, -0.2) is 4.98 Å². The Kier molecular flexibility index (Phi) is 9.16. The highest BCUT2D eigenvalue weighted by molar-refractivity contribution is 7.17. The molecule has 0 radical (unpaired) electrons. The van der Waals surface area contributed by atoms with Gasteiger partial charge in [0.15, 0.2) is 10.8 Å². The fourth-order valence-electron chi connectivity index (χ4n) is 2.68. The summed E-state index contributed by atoms with van der Waals surface area (Å²) in [6.07, 6.45) is 0.831. The van der Waals surface area contributed by atoms with E-state index >= 15 is 0 Å². The highest BCUT2D eigenvalue weighted by Gasteiger charge is 2.28. The fourth-order valence-corrected chi connectivity index (χ4v) is 3.60. The molecule has 1 amide bonds. The highest BCUT2D eigenvalue weighted by atomic mass is 35.5. The van der Waals surface area contributed by atoms with Crippen LogP contribution in [0.3, 0.4) is 0 Å². The van der Waals surface area contributed by atoms with Crippen LogP contribution in [0.15, 0.2) is 16.5 Å². The molecule has 5 nitrogen and oxygen atoms in total. The summed E-state index contributed by atoms with van der Waals surface area (Å²) in [5.41, 5.74) is 6.17. The van der Waals surface area contributed by atoms with E-state index in [1.165, 1.54) is 11.3 Å². The van der Waals surface area contributed by atoms with Crippen LogP contribution in [0.4, 0.5) is 0 Å². The fraction of sp³-hybridized carbons (Fsp3) is 0.529. The number of hydrogen-bond donors (Lipinski definition) is 2. The Morgan fingerprint density at radius 3 is 2.48 bits per heavy atom. The summed E-state index contributed by atoms with van der Waals surface area (Å²) < 4.78 is 5.59. The summed E-state index contributed by atoms with van der Waals surface area (Å²) in [5.74, 6) is 1.85. The van der Waals surface area contributed by atoms with Crippen LogP contribution < -0.4 is 11.1 Å². The molecule has 0 saturated heterocycles. The second kappa shape index (κ2) is 9.57. The Labute approximate surface area is 165 Å². The van der Waals surface area contributed by atoms with Crippen LogP contribution in [-0.4, -0.2) is 23.0 Å². The second-order valence-corrected chi connectivity index (χ2v) is 7.66. The van der Waals surface area contributed by atoms with Crippen LogP contribution in [0.2, 0.25) is 0 Å². The van der Waals surface area contributed by atoms with Crippen LogP contribution in [0.25, 0.3) is 10.8 Å². The summed E-state index contributed by atoms with van der Waals surface area (Å²) in [4.78, 5) is 17.7. The number of nitrogens with two attached hydrogens (primary N) is 1. The van der Waals surface area contributed by atoms with Gasteiger partial charge in [-0.2, -0.15) is 0 Å². The summed E-state index contributed by atoms with van der Waals surface area (Å²) in [7, 11) is 0. The minimum absolute atomic E-state index is 0. The van der Waals surface area contributed by atoms with Crippen LogP contribution in [0.5, 0.6) is 0 Å². The van der Waals surface area contributed by atoms with Gasteiger partial charge >= 0.3 is 0 Å². The number of rotatable bonds is 6. The average Bonchev–Trinajstić information content (AvgIpc) is 3.03. The molecule has 2 aromatic heterocycles. The van der Waals surface area contributed by atoms with Gasteiger partial charge in [-0.05, 0) is 45.2 Å². The van der Waals surface area contributed by atoms with Crippen molar-refractivity contribution < 1.29 is 9.21 Å². The van der Waals surface area contributed by atoms with Crippen molar-refractivity contribution in [1.82, 2.24) is 10.3 Å². The first-order valence-corrected chi connectivity index (χ1v) is 8.62. The molecular formula is C17H27Cl2N3O2S. The molecule has 1 unspecified atom stereocenters. The minimum Gasteiger partial charge on any atom is -0.459 e. The maximum atomic E-state index is 12.6. The summed E-state index contributed by atoms with van der Waals surface area (Å²) in [5, 5.41) is 3.80. The lowest BCUT2D eigenvalue weighted by atomic mass is 9.90. The zero-order valence-corrected chi connectivity index (χ0v) is 17.7. The number of amides is 1. The number of nitrogens with zero attached hydrogens (tertiary/aromatic N) is 1. The number of aromatic nitrogens is 1. The van der Waals surface area contributed by atoms with E-state index in [0.29, 0.717) is 28.8 Å². The molecule has 0 aliphatic heterocycles. The number of carbonyl (C=O) groups excluding carboxylic acids is 1. The van der Waals surface area contributed by atoms with Gasteiger partial charge in [0.2, 0.25) is 0 Å². The average molecular weight is 408 g/mol. The maximum Gasteiger partial charge on any atom is 0.263 e. The first-order chi connectivity index (χ1) is 10.7. The molecule has 2 heterocycles. The van der Waals surface area contributed by atoms with E-state index in [4.69, 9.17) is 10.2 Å². The normalized spacial score (nSPS) is 12.9. The third kappa shape index (κ3) is 5.99. The largest absolute Gasteiger partial charge is 0.459 e. The molecule has 2 rings (SSSR count).